The molecule has 2 aromatic carbocycles. The summed E-state index contributed by atoms with van der Waals surface area (Å²) in [6.07, 6.45) is 0. The molecular weight excluding hydrogens is 247 g/mol. The van der Waals surface area contributed by atoms with Crippen molar-refractivity contribution in [1.29, 1.82) is 0 Å². The van der Waals surface area contributed by atoms with Gasteiger partial charge in [-0.1, -0.05) is 57.9 Å². The lowest BCUT2D eigenvalue weighted by Crippen LogP contribution is -1.82. The summed E-state index contributed by atoms with van der Waals surface area (Å²) in [7, 11) is 0. The average molecular weight is 256 g/mol. The van der Waals surface area contributed by atoms with Crippen LogP contribution in [-0.2, 0) is 5.33 Å². The normalized spacial score (nSPS) is 10.6. The molecule has 0 bridgehead atoms. The molecule has 13 heavy (non-hydrogen) atoms. The molecule has 2 aromatic rings. The van der Waals surface area contributed by atoms with Crippen LogP contribution in [0.15, 0.2) is 36.4 Å². The van der Waals surface area contributed by atoms with E-state index in [1.54, 1.807) is 0 Å². The molecule has 2 heteroatoms. The summed E-state index contributed by atoms with van der Waals surface area (Å²) in [5.74, 6) is 0. The van der Waals surface area contributed by atoms with E-state index in [0.717, 1.165) is 10.4 Å². The molecule has 0 saturated carbocycles. The van der Waals surface area contributed by atoms with Crippen LogP contribution >= 0.6 is 27.5 Å². The number of halogens is 2. The lowest BCUT2D eigenvalue weighted by molar-refractivity contribution is 1.49. The Hall–Kier alpha value is -0.530. The molecule has 2 rings (SSSR count). The number of hydrogen-bond acceptors (Lipinski definition) is 0. The highest BCUT2D eigenvalue weighted by Gasteiger charge is 2.03. The molecule has 0 heterocycles. The highest BCUT2D eigenvalue weighted by molar-refractivity contribution is 9.08. The summed E-state index contributed by atoms with van der Waals surface area (Å²) in [6.45, 7) is 0. The number of alkyl halides is 1. The fourth-order valence-corrected chi connectivity index (χ4v) is 2.44. The van der Waals surface area contributed by atoms with Crippen LogP contribution in [-0.4, -0.2) is 0 Å². The SMILES string of the molecule is Clc1ccc2ccccc2c1CBr. The van der Waals surface area contributed by atoms with Crippen molar-refractivity contribution in [2.45, 2.75) is 5.33 Å². The Morgan fingerprint density at radius 2 is 1.85 bits per heavy atom. The minimum atomic E-state index is 0.799. The zero-order valence-electron chi connectivity index (χ0n) is 6.93. The molecule has 0 atom stereocenters. The lowest BCUT2D eigenvalue weighted by atomic mass is 10.1. The van der Waals surface area contributed by atoms with Gasteiger partial charge in [-0.15, -0.1) is 0 Å². The first-order chi connectivity index (χ1) is 6.33. The van der Waals surface area contributed by atoms with Crippen LogP contribution in [0, 0.1) is 0 Å². The maximum atomic E-state index is 6.07. The van der Waals surface area contributed by atoms with Gasteiger partial charge in [0.2, 0.25) is 0 Å². The second-order valence-corrected chi connectivity index (χ2v) is 3.85. The number of fused-ring (bicyclic) bond motifs is 1. The first kappa shape index (κ1) is 9.04. The largest absolute Gasteiger partial charge is 0.0875 e. The fourth-order valence-electron chi connectivity index (χ4n) is 1.45. The summed E-state index contributed by atoms with van der Waals surface area (Å²) in [5.41, 5.74) is 1.17. The van der Waals surface area contributed by atoms with Gasteiger partial charge in [0.1, 0.15) is 0 Å². The van der Waals surface area contributed by atoms with E-state index in [1.165, 1.54) is 16.3 Å². The van der Waals surface area contributed by atoms with Crippen molar-refractivity contribution in [3.8, 4) is 0 Å². The monoisotopic (exact) mass is 254 g/mol. The van der Waals surface area contributed by atoms with Gasteiger partial charge in [-0.3, -0.25) is 0 Å². The average Bonchev–Trinajstić information content (AvgIpc) is 2.18. The maximum absolute atomic E-state index is 6.07. The van der Waals surface area contributed by atoms with E-state index in [2.05, 4.69) is 28.1 Å². The van der Waals surface area contributed by atoms with Crippen LogP contribution in [0.5, 0.6) is 0 Å². The third-order valence-electron chi connectivity index (χ3n) is 2.12. The molecule has 66 valence electrons. The van der Waals surface area contributed by atoms with Crippen LogP contribution in [0.2, 0.25) is 5.02 Å². The van der Waals surface area contributed by atoms with E-state index >= 15 is 0 Å². The van der Waals surface area contributed by atoms with Crippen LogP contribution in [0.3, 0.4) is 0 Å². The van der Waals surface area contributed by atoms with Crippen molar-refractivity contribution in [1.82, 2.24) is 0 Å². The van der Waals surface area contributed by atoms with E-state index in [9.17, 15) is 0 Å². The summed E-state index contributed by atoms with van der Waals surface area (Å²) in [4.78, 5) is 0. The Labute approximate surface area is 90.6 Å². The Balaban J connectivity index is 2.84. The first-order valence-corrected chi connectivity index (χ1v) is 5.55. The summed E-state index contributed by atoms with van der Waals surface area (Å²) in [5, 5.41) is 4.09. The number of benzene rings is 2. The van der Waals surface area contributed by atoms with Crippen molar-refractivity contribution >= 4 is 38.3 Å². The molecule has 0 nitrogen and oxygen atoms in total. The van der Waals surface area contributed by atoms with Crippen LogP contribution in [0.1, 0.15) is 5.56 Å². The predicted molar refractivity (Wildman–Crippen MR) is 61.6 cm³/mol. The van der Waals surface area contributed by atoms with E-state index in [-0.39, 0.29) is 0 Å². The van der Waals surface area contributed by atoms with E-state index < -0.39 is 0 Å². The minimum absolute atomic E-state index is 0.799. The Kier molecular flexibility index (Phi) is 2.56. The molecule has 0 spiro atoms. The summed E-state index contributed by atoms with van der Waals surface area (Å²) in [6, 6.07) is 12.2. The summed E-state index contributed by atoms with van der Waals surface area (Å²) >= 11 is 9.52. The van der Waals surface area contributed by atoms with Crippen LogP contribution < -0.4 is 0 Å². The topological polar surface area (TPSA) is 0 Å². The maximum Gasteiger partial charge on any atom is 0.0452 e. The molecular formula is C11H8BrCl. The van der Waals surface area contributed by atoms with Gasteiger partial charge in [0, 0.05) is 10.4 Å². The van der Waals surface area contributed by atoms with Crippen molar-refractivity contribution in [3.63, 3.8) is 0 Å². The molecule has 0 radical (unpaired) electrons. The minimum Gasteiger partial charge on any atom is -0.0875 e. The van der Waals surface area contributed by atoms with Gasteiger partial charge >= 0.3 is 0 Å². The predicted octanol–water partition coefficient (Wildman–Crippen LogP) is 4.39. The lowest BCUT2D eigenvalue weighted by Gasteiger charge is -2.05. The molecule has 0 aromatic heterocycles. The highest BCUT2D eigenvalue weighted by atomic mass is 79.9. The molecule has 0 fully saturated rings. The van der Waals surface area contributed by atoms with Gasteiger partial charge in [0.05, 0.1) is 0 Å². The van der Waals surface area contributed by atoms with Gasteiger partial charge in [-0.2, -0.15) is 0 Å². The quantitative estimate of drug-likeness (QED) is 0.663. The molecule has 0 aliphatic heterocycles. The molecule has 0 aliphatic carbocycles. The van der Waals surface area contributed by atoms with Crippen LogP contribution in [0.4, 0.5) is 0 Å². The van der Waals surface area contributed by atoms with Crippen molar-refractivity contribution in [3.05, 3.63) is 47.0 Å². The molecule has 0 aliphatic rings. The molecule has 0 amide bonds. The third-order valence-corrected chi connectivity index (χ3v) is 3.03. The van der Waals surface area contributed by atoms with Crippen molar-refractivity contribution in [2.24, 2.45) is 0 Å². The van der Waals surface area contributed by atoms with E-state index in [0.29, 0.717) is 0 Å². The molecule has 0 unspecified atom stereocenters. The standard InChI is InChI=1S/C11H8BrCl/c12-7-10-9-4-2-1-3-8(9)5-6-11(10)13/h1-6H,7H2. The Morgan fingerprint density at radius 3 is 2.62 bits per heavy atom. The van der Waals surface area contributed by atoms with Gasteiger partial charge in [0.25, 0.3) is 0 Å². The molecule has 0 saturated heterocycles. The number of rotatable bonds is 1. The number of hydrogen-bond donors (Lipinski definition) is 0. The van der Waals surface area contributed by atoms with E-state index in [4.69, 9.17) is 11.6 Å². The first-order valence-electron chi connectivity index (χ1n) is 4.05. The zero-order chi connectivity index (χ0) is 9.26. The van der Waals surface area contributed by atoms with Gasteiger partial charge in [-0.05, 0) is 22.4 Å². The Morgan fingerprint density at radius 1 is 1.08 bits per heavy atom. The molecule has 0 N–H and O–H groups in total. The van der Waals surface area contributed by atoms with Gasteiger partial charge < -0.3 is 0 Å². The zero-order valence-corrected chi connectivity index (χ0v) is 9.27. The van der Waals surface area contributed by atoms with Gasteiger partial charge in [0.15, 0.2) is 0 Å². The van der Waals surface area contributed by atoms with Gasteiger partial charge in [-0.25, -0.2) is 0 Å². The van der Waals surface area contributed by atoms with Crippen LogP contribution in [0.25, 0.3) is 10.8 Å². The third kappa shape index (κ3) is 1.59. The fraction of sp³-hybridized carbons (Fsp3) is 0.0909. The Bertz CT molecular complexity index is 437. The summed E-state index contributed by atoms with van der Waals surface area (Å²) < 4.78 is 0. The smallest absolute Gasteiger partial charge is 0.0452 e. The second kappa shape index (κ2) is 3.69. The van der Waals surface area contributed by atoms with E-state index in [1.807, 2.05) is 24.3 Å². The second-order valence-electron chi connectivity index (χ2n) is 2.88. The highest BCUT2D eigenvalue weighted by Crippen LogP contribution is 2.27. The van der Waals surface area contributed by atoms with Crippen molar-refractivity contribution < 1.29 is 0 Å². The van der Waals surface area contributed by atoms with Crippen molar-refractivity contribution in [2.75, 3.05) is 0 Å².